The van der Waals surface area contributed by atoms with Gasteiger partial charge in [0.2, 0.25) is 0 Å². The fraction of sp³-hybridized carbons (Fsp3) is 0.526. The molecular weight excluding hydrogens is 274 g/mol. The van der Waals surface area contributed by atoms with Gasteiger partial charge in [-0.2, -0.15) is 0 Å². The Morgan fingerprint density at radius 2 is 1.86 bits per heavy atom. The van der Waals surface area contributed by atoms with Crippen molar-refractivity contribution >= 4 is 11.3 Å². The van der Waals surface area contributed by atoms with Crippen LogP contribution in [0.25, 0.3) is 0 Å². The maximum atomic E-state index is 5.07. The third-order valence-corrected chi connectivity index (χ3v) is 6.15. The van der Waals surface area contributed by atoms with Crippen LogP contribution in [0.4, 0.5) is 0 Å². The zero-order chi connectivity index (χ0) is 14.7. The molecule has 3 rings (SSSR count). The monoisotopic (exact) mass is 299 g/mol. The van der Waals surface area contributed by atoms with Crippen LogP contribution in [0.2, 0.25) is 0 Å². The van der Waals surface area contributed by atoms with Gasteiger partial charge in [-0.05, 0) is 30.7 Å². The molecule has 1 fully saturated rings. The Morgan fingerprint density at radius 3 is 2.52 bits per heavy atom. The van der Waals surface area contributed by atoms with Gasteiger partial charge in [0.25, 0.3) is 0 Å². The zero-order valence-corrected chi connectivity index (χ0v) is 14.0. The minimum Gasteiger partial charge on any atom is -0.245 e. The second kappa shape index (κ2) is 6.31. The van der Waals surface area contributed by atoms with Gasteiger partial charge in [0, 0.05) is 10.8 Å². The van der Waals surface area contributed by atoms with E-state index in [2.05, 4.69) is 49.6 Å². The summed E-state index contributed by atoms with van der Waals surface area (Å²) in [5.41, 5.74) is 2.93. The first kappa shape index (κ1) is 14.8. The Morgan fingerprint density at radius 1 is 1.14 bits per heavy atom. The lowest BCUT2D eigenvalue weighted by atomic mass is 9.70. The molecule has 0 N–H and O–H groups in total. The summed E-state index contributed by atoms with van der Waals surface area (Å²) in [7, 11) is 0. The van der Waals surface area contributed by atoms with Gasteiger partial charge in [-0.3, -0.25) is 0 Å². The SMILES string of the molecule is CCC(C)c1csc(C2(c3ccccc3)CCCCC2)n1. The quantitative estimate of drug-likeness (QED) is 0.684. The average Bonchev–Trinajstić information content (AvgIpc) is 3.06. The van der Waals surface area contributed by atoms with E-state index in [-0.39, 0.29) is 5.41 Å². The lowest BCUT2D eigenvalue weighted by molar-refractivity contribution is 0.344. The van der Waals surface area contributed by atoms with Crippen LogP contribution < -0.4 is 0 Å². The summed E-state index contributed by atoms with van der Waals surface area (Å²) in [6.45, 7) is 4.53. The molecule has 0 radical (unpaired) electrons. The molecule has 2 heteroatoms. The molecule has 1 atom stereocenters. The maximum absolute atomic E-state index is 5.07. The fourth-order valence-corrected chi connectivity index (χ4v) is 4.70. The molecule has 1 aromatic heterocycles. The van der Waals surface area contributed by atoms with Gasteiger partial charge in [0.05, 0.1) is 5.69 Å². The average molecular weight is 299 g/mol. The van der Waals surface area contributed by atoms with E-state index in [1.165, 1.54) is 54.8 Å². The van der Waals surface area contributed by atoms with Crippen molar-refractivity contribution < 1.29 is 0 Å². The minimum atomic E-state index is 0.176. The molecule has 1 nitrogen and oxygen atoms in total. The van der Waals surface area contributed by atoms with Crippen LogP contribution in [-0.4, -0.2) is 4.98 Å². The number of aromatic nitrogens is 1. The molecule has 1 saturated carbocycles. The van der Waals surface area contributed by atoms with Gasteiger partial charge >= 0.3 is 0 Å². The number of rotatable bonds is 4. The molecule has 21 heavy (non-hydrogen) atoms. The van der Waals surface area contributed by atoms with Crippen LogP contribution in [0.15, 0.2) is 35.7 Å². The fourth-order valence-electron chi connectivity index (χ4n) is 3.48. The van der Waals surface area contributed by atoms with Gasteiger partial charge in [0.1, 0.15) is 5.01 Å². The van der Waals surface area contributed by atoms with Crippen LogP contribution >= 0.6 is 11.3 Å². The molecule has 1 aliphatic rings. The standard InChI is InChI=1S/C19H25NS/c1-3-15(2)17-14-21-18(20-17)19(12-8-5-9-13-19)16-10-6-4-7-11-16/h4,6-7,10-11,14-15H,3,5,8-9,12-13H2,1-2H3. The Bertz CT molecular complexity index is 566. The lowest BCUT2D eigenvalue weighted by Gasteiger charge is -2.36. The third-order valence-electron chi connectivity index (χ3n) is 5.08. The lowest BCUT2D eigenvalue weighted by Crippen LogP contribution is -2.30. The van der Waals surface area contributed by atoms with Gasteiger partial charge in [-0.25, -0.2) is 4.98 Å². The molecule has 0 aliphatic heterocycles. The van der Waals surface area contributed by atoms with E-state index in [4.69, 9.17) is 4.98 Å². The Labute approximate surface area is 132 Å². The number of benzene rings is 1. The van der Waals surface area contributed by atoms with E-state index in [1.807, 2.05) is 11.3 Å². The van der Waals surface area contributed by atoms with E-state index in [0.29, 0.717) is 5.92 Å². The first-order valence-electron chi connectivity index (χ1n) is 8.27. The Balaban J connectivity index is 2.02. The first-order valence-corrected chi connectivity index (χ1v) is 9.15. The maximum Gasteiger partial charge on any atom is 0.103 e. The normalized spacial score (nSPS) is 19.3. The van der Waals surface area contributed by atoms with Crippen molar-refractivity contribution in [2.45, 2.75) is 63.7 Å². The molecule has 1 aromatic carbocycles. The second-order valence-electron chi connectivity index (χ2n) is 6.40. The van der Waals surface area contributed by atoms with Crippen LogP contribution in [0.1, 0.15) is 74.6 Å². The molecule has 0 amide bonds. The molecule has 0 saturated heterocycles. The summed E-state index contributed by atoms with van der Waals surface area (Å²) in [5, 5.41) is 3.65. The minimum absolute atomic E-state index is 0.176. The van der Waals surface area contributed by atoms with E-state index >= 15 is 0 Å². The van der Waals surface area contributed by atoms with E-state index in [0.717, 1.165) is 0 Å². The largest absolute Gasteiger partial charge is 0.245 e. The number of hydrogen-bond acceptors (Lipinski definition) is 2. The summed E-state index contributed by atoms with van der Waals surface area (Å²) < 4.78 is 0. The van der Waals surface area contributed by atoms with Crippen LogP contribution in [-0.2, 0) is 5.41 Å². The smallest absolute Gasteiger partial charge is 0.103 e. The summed E-state index contributed by atoms with van der Waals surface area (Å²) in [4.78, 5) is 5.07. The van der Waals surface area contributed by atoms with Crippen molar-refractivity contribution in [2.24, 2.45) is 0 Å². The van der Waals surface area contributed by atoms with Gasteiger partial charge in [0.15, 0.2) is 0 Å². The predicted molar refractivity (Wildman–Crippen MR) is 91.1 cm³/mol. The van der Waals surface area contributed by atoms with Crippen LogP contribution in [0.5, 0.6) is 0 Å². The van der Waals surface area contributed by atoms with Crippen molar-refractivity contribution in [2.75, 3.05) is 0 Å². The van der Waals surface area contributed by atoms with Gasteiger partial charge in [-0.15, -0.1) is 11.3 Å². The summed E-state index contributed by atoms with van der Waals surface area (Å²) >= 11 is 1.88. The van der Waals surface area contributed by atoms with E-state index < -0.39 is 0 Å². The molecular formula is C19H25NS. The molecule has 112 valence electrons. The molecule has 0 spiro atoms. The Hall–Kier alpha value is -1.15. The molecule has 0 bridgehead atoms. The highest BCUT2D eigenvalue weighted by molar-refractivity contribution is 7.09. The molecule has 1 heterocycles. The van der Waals surface area contributed by atoms with Crippen molar-refractivity contribution in [3.05, 3.63) is 52.0 Å². The van der Waals surface area contributed by atoms with Gasteiger partial charge in [-0.1, -0.05) is 63.4 Å². The first-order chi connectivity index (χ1) is 10.3. The summed E-state index contributed by atoms with van der Waals surface area (Å²) in [6.07, 6.45) is 7.70. The van der Waals surface area contributed by atoms with Gasteiger partial charge < -0.3 is 0 Å². The molecule has 1 unspecified atom stereocenters. The highest BCUT2D eigenvalue weighted by atomic mass is 32.1. The number of nitrogens with zero attached hydrogens (tertiary/aromatic N) is 1. The molecule has 2 aromatic rings. The van der Waals surface area contributed by atoms with Crippen molar-refractivity contribution in [3.8, 4) is 0 Å². The zero-order valence-electron chi connectivity index (χ0n) is 13.1. The van der Waals surface area contributed by atoms with Crippen molar-refractivity contribution in [1.29, 1.82) is 0 Å². The summed E-state index contributed by atoms with van der Waals surface area (Å²) in [5.74, 6) is 0.575. The highest BCUT2D eigenvalue weighted by Crippen LogP contribution is 2.46. The predicted octanol–water partition coefficient (Wildman–Crippen LogP) is 5.91. The summed E-state index contributed by atoms with van der Waals surface area (Å²) in [6, 6.07) is 11.1. The molecule has 1 aliphatic carbocycles. The topological polar surface area (TPSA) is 12.9 Å². The van der Waals surface area contributed by atoms with Crippen LogP contribution in [0, 0.1) is 0 Å². The number of thiazole rings is 1. The van der Waals surface area contributed by atoms with E-state index in [9.17, 15) is 0 Å². The van der Waals surface area contributed by atoms with Crippen LogP contribution in [0.3, 0.4) is 0 Å². The number of hydrogen-bond donors (Lipinski definition) is 0. The highest BCUT2D eigenvalue weighted by Gasteiger charge is 2.38. The van der Waals surface area contributed by atoms with E-state index in [1.54, 1.807) is 0 Å². The van der Waals surface area contributed by atoms with Crippen molar-refractivity contribution in [3.63, 3.8) is 0 Å². The Kier molecular flexibility index (Phi) is 4.44. The second-order valence-corrected chi connectivity index (χ2v) is 7.25. The third kappa shape index (κ3) is 2.78. The van der Waals surface area contributed by atoms with Crippen molar-refractivity contribution in [1.82, 2.24) is 4.98 Å².